The molecular weight excluding hydrogens is 294 g/mol. The van der Waals surface area contributed by atoms with Crippen LogP contribution in [0.3, 0.4) is 0 Å². The number of allylic oxidation sites excluding steroid dienone is 3. The molecule has 110 valence electrons. The third-order valence-electron chi connectivity index (χ3n) is 2.68. The molecule has 2 amide bonds. The van der Waals surface area contributed by atoms with E-state index in [-0.39, 0.29) is 9.92 Å². The van der Waals surface area contributed by atoms with Crippen LogP contribution in [0.2, 0.25) is 0 Å². The normalized spacial score (nSPS) is 14.5. The summed E-state index contributed by atoms with van der Waals surface area (Å²) in [7, 11) is -2.46. The predicted molar refractivity (Wildman–Crippen MR) is 77.3 cm³/mol. The predicted octanol–water partition coefficient (Wildman–Crippen LogP) is 1.25. The smallest absolute Gasteiger partial charge is 0.340 e. The summed E-state index contributed by atoms with van der Waals surface area (Å²) in [5.74, 6) is 0.522. The first-order valence-corrected chi connectivity index (χ1v) is 7.35. The lowest BCUT2D eigenvalue weighted by Gasteiger charge is -2.17. The number of nitrogens with zero attached hydrogens (tertiary/aromatic N) is 2. The first-order valence-electron chi connectivity index (χ1n) is 5.86. The number of primary amides is 1. The minimum atomic E-state index is -3.94. The van der Waals surface area contributed by atoms with Gasteiger partial charge in [-0.3, -0.25) is 0 Å². The van der Waals surface area contributed by atoms with Crippen LogP contribution in [0, 0.1) is 0 Å². The average Bonchev–Trinajstić information content (AvgIpc) is 2.73. The first-order chi connectivity index (χ1) is 9.96. The number of hydrogen-bond acceptors (Lipinski definition) is 5. The van der Waals surface area contributed by atoms with Gasteiger partial charge in [-0.05, 0) is 36.4 Å². The summed E-state index contributed by atoms with van der Waals surface area (Å²) in [5.41, 5.74) is 5.17. The molecule has 1 aromatic carbocycles. The Morgan fingerprint density at radius 1 is 1.24 bits per heavy atom. The highest BCUT2D eigenvalue weighted by molar-refractivity contribution is 7.95. The van der Waals surface area contributed by atoms with Crippen molar-refractivity contribution in [3.8, 4) is 5.75 Å². The fraction of sp³-hybridized carbons (Fsp3) is 0.0769. The van der Waals surface area contributed by atoms with E-state index in [9.17, 15) is 13.2 Å². The van der Waals surface area contributed by atoms with Gasteiger partial charge in [0.1, 0.15) is 5.75 Å². The Morgan fingerprint density at radius 3 is 2.48 bits per heavy atom. The van der Waals surface area contributed by atoms with E-state index in [1.165, 1.54) is 55.8 Å². The van der Waals surface area contributed by atoms with Crippen LogP contribution in [0.1, 0.15) is 0 Å². The van der Waals surface area contributed by atoms with Crippen LogP contribution in [0.4, 0.5) is 4.79 Å². The zero-order valence-electron chi connectivity index (χ0n) is 11.1. The summed E-state index contributed by atoms with van der Waals surface area (Å²) in [4.78, 5) is 11.4. The molecule has 2 rings (SSSR count). The number of methoxy groups -OCH3 is 1. The van der Waals surface area contributed by atoms with Crippen molar-refractivity contribution in [1.29, 1.82) is 0 Å². The molecule has 0 bridgehead atoms. The molecular formula is C13H13N3O4S. The topological polar surface area (TPSA) is 102 Å². The van der Waals surface area contributed by atoms with Crippen molar-refractivity contribution < 1.29 is 17.9 Å². The zero-order valence-corrected chi connectivity index (χ0v) is 11.9. The molecule has 0 spiro atoms. The maximum Gasteiger partial charge on any atom is 0.340 e. The molecule has 1 aliphatic rings. The number of sulfone groups is 1. The van der Waals surface area contributed by atoms with Gasteiger partial charge in [-0.25, -0.2) is 13.2 Å². The van der Waals surface area contributed by atoms with Gasteiger partial charge in [-0.15, -0.1) is 0 Å². The van der Waals surface area contributed by atoms with E-state index in [1.807, 2.05) is 0 Å². The van der Waals surface area contributed by atoms with Crippen molar-refractivity contribution in [3.63, 3.8) is 0 Å². The number of amides is 2. The molecule has 1 heterocycles. The van der Waals surface area contributed by atoms with E-state index in [1.54, 1.807) is 0 Å². The molecule has 7 nitrogen and oxygen atoms in total. The molecule has 1 aliphatic heterocycles. The third-order valence-corrected chi connectivity index (χ3v) is 4.43. The summed E-state index contributed by atoms with van der Waals surface area (Å²) in [5, 5.41) is 4.03. The molecule has 0 fully saturated rings. The van der Waals surface area contributed by atoms with Crippen LogP contribution in [0.25, 0.3) is 0 Å². The molecule has 1 aromatic rings. The number of urea groups is 1. The van der Waals surface area contributed by atoms with Gasteiger partial charge in [0.2, 0.25) is 9.84 Å². The molecule has 2 N–H and O–H groups in total. The minimum absolute atomic E-state index is 0.00583. The Kier molecular flexibility index (Phi) is 4.08. The van der Waals surface area contributed by atoms with Crippen LogP contribution < -0.4 is 10.5 Å². The summed E-state index contributed by atoms with van der Waals surface area (Å²) in [6.45, 7) is 0. The van der Waals surface area contributed by atoms with E-state index in [0.29, 0.717) is 10.8 Å². The van der Waals surface area contributed by atoms with Gasteiger partial charge >= 0.3 is 6.03 Å². The molecule has 0 aliphatic carbocycles. The summed E-state index contributed by atoms with van der Waals surface area (Å²) in [6.07, 6.45) is 5.49. The summed E-state index contributed by atoms with van der Waals surface area (Å²) < 4.78 is 30.2. The lowest BCUT2D eigenvalue weighted by atomic mass is 10.3. The molecule has 0 saturated carbocycles. The van der Waals surface area contributed by atoms with Crippen LogP contribution in [0.5, 0.6) is 5.75 Å². The van der Waals surface area contributed by atoms with Gasteiger partial charge in [0.05, 0.1) is 12.0 Å². The van der Waals surface area contributed by atoms with E-state index in [0.717, 1.165) is 0 Å². The standard InChI is InChI=1S/C13H13N3O4S/c1-20-10-5-7-11(8-6-10)21(18,19)12-4-2-3-9-15-16(12)13(14)17/h2-9H,1H3,(H2,14,17). The van der Waals surface area contributed by atoms with Gasteiger partial charge < -0.3 is 10.5 Å². The highest BCUT2D eigenvalue weighted by Gasteiger charge is 2.29. The lowest BCUT2D eigenvalue weighted by Crippen LogP contribution is -2.33. The highest BCUT2D eigenvalue weighted by Crippen LogP contribution is 2.25. The monoisotopic (exact) mass is 307 g/mol. The van der Waals surface area contributed by atoms with E-state index >= 15 is 0 Å². The van der Waals surface area contributed by atoms with Crippen LogP contribution in [-0.4, -0.2) is 32.8 Å². The molecule has 0 aromatic heterocycles. The molecule has 8 heteroatoms. The number of benzene rings is 1. The minimum Gasteiger partial charge on any atom is -0.497 e. The number of ether oxygens (including phenoxy) is 1. The number of carbonyl (C=O) groups is 1. The van der Waals surface area contributed by atoms with Crippen LogP contribution in [-0.2, 0) is 9.84 Å². The second-order valence-electron chi connectivity index (χ2n) is 3.98. The van der Waals surface area contributed by atoms with Crippen LogP contribution in [0.15, 0.2) is 57.5 Å². The number of hydrogen-bond donors (Lipinski definition) is 1. The second kappa shape index (κ2) is 5.80. The van der Waals surface area contributed by atoms with Crippen molar-refractivity contribution in [2.45, 2.75) is 4.90 Å². The number of rotatable bonds is 3. The fourth-order valence-electron chi connectivity index (χ4n) is 1.66. The van der Waals surface area contributed by atoms with Crippen molar-refractivity contribution in [3.05, 3.63) is 47.5 Å². The Balaban J connectivity index is 2.50. The van der Waals surface area contributed by atoms with E-state index < -0.39 is 15.9 Å². The van der Waals surface area contributed by atoms with Crippen molar-refractivity contribution in [2.24, 2.45) is 10.8 Å². The summed E-state index contributed by atoms with van der Waals surface area (Å²) >= 11 is 0. The maximum atomic E-state index is 12.6. The maximum absolute atomic E-state index is 12.6. The molecule has 0 unspecified atom stereocenters. The lowest BCUT2D eigenvalue weighted by molar-refractivity contribution is 0.225. The van der Waals surface area contributed by atoms with Gasteiger partial charge in [0.15, 0.2) is 5.03 Å². The van der Waals surface area contributed by atoms with Gasteiger partial charge in [0.25, 0.3) is 0 Å². The van der Waals surface area contributed by atoms with E-state index in [2.05, 4.69) is 5.10 Å². The molecule has 21 heavy (non-hydrogen) atoms. The first kappa shape index (κ1) is 14.8. The Hall–Kier alpha value is -2.61. The largest absolute Gasteiger partial charge is 0.497 e. The summed E-state index contributed by atoms with van der Waals surface area (Å²) in [6, 6.07) is 4.80. The zero-order chi connectivity index (χ0) is 15.5. The quantitative estimate of drug-likeness (QED) is 0.907. The fourth-order valence-corrected chi connectivity index (χ4v) is 3.02. The number of hydrazone groups is 1. The highest BCUT2D eigenvalue weighted by atomic mass is 32.2. The second-order valence-corrected chi connectivity index (χ2v) is 5.88. The SMILES string of the molecule is COc1ccc(S(=O)(=O)C2=CC=CC=NN2C(N)=O)cc1. The van der Waals surface area contributed by atoms with Crippen molar-refractivity contribution in [1.82, 2.24) is 5.01 Å². The van der Waals surface area contributed by atoms with Gasteiger partial charge in [-0.1, -0.05) is 6.08 Å². The molecule has 0 atom stereocenters. The Labute approximate surface area is 121 Å². The van der Waals surface area contributed by atoms with Gasteiger partial charge in [0, 0.05) is 6.21 Å². The van der Waals surface area contributed by atoms with Crippen molar-refractivity contribution in [2.75, 3.05) is 7.11 Å². The van der Waals surface area contributed by atoms with Crippen molar-refractivity contribution >= 4 is 22.1 Å². The van der Waals surface area contributed by atoms with Gasteiger partial charge in [-0.2, -0.15) is 10.1 Å². The molecule has 0 radical (unpaired) electrons. The Morgan fingerprint density at radius 2 is 1.90 bits per heavy atom. The number of carbonyl (C=O) groups excluding carboxylic acids is 1. The molecule has 0 saturated heterocycles. The van der Waals surface area contributed by atoms with E-state index in [4.69, 9.17) is 10.5 Å². The Bertz CT molecular complexity index is 733. The average molecular weight is 307 g/mol. The third kappa shape index (κ3) is 2.95. The number of nitrogens with two attached hydrogens (primary N) is 1. The van der Waals surface area contributed by atoms with Crippen LogP contribution >= 0.6 is 0 Å².